The summed E-state index contributed by atoms with van der Waals surface area (Å²) in [7, 11) is 0. The molecule has 0 aliphatic carbocycles. The van der Waals surface area contributed by atoms with E-state index in [-0.39, 0.29) is 5.41 Å². The lowest BCUT2D eigenvalue weighted by Gasteiger charge is -2.14. The SMILES string of the molecule is CCCCCc1n[nH]c2c(Cl)c(C(C)(C)C)nn12. The van der Waals surface area contributed by atoms with Crippen molar-refractivity contribution in [3.05, 3.63) is 16.5 Å². The summed E-state index contributed by atoms with van der Waals surface area (Å²) in [5, 5.41) is 12.6. The maximum Gasteiger partial charge on any atom is 0.170 e. The average Bonchev–Trinajstić information content (AvgIpc) is 2.80. The molecule has 0 aliphatic rings. The fourth-order valence-corrected chi connectivity index (χ4v) is 2.46. The van der Waals surface area contributed by atoms with E-state index in [0.717, 1.165) is 30.0 Å². The quantitative estimate of drug-likeness (QED) is 0.859. The van der Waals surface area contributed by atoms with E-state index in [9.17, 15) is 0 Å². The van der Waals surface area contributed by atoms with Gasteiger partial charge in [-0.25, -0.2) is 0 Å². The number of aryl methyl sites for hydroxylation is 1. The van der Waals surface area contributed by atoms with Crippen LogP contribution < -0.4 is 0 Å². The average molecular weight is 269 g/mol. The lowest BCUT2D eigenvalue weighted by molar-refractivity contribution is 0.559. The predicted octanol–water partition coefficient (Wildman–Crippen LogP) is 3.74. The molecule has 100 valence electrons. The molecular formula is C13H21ClN4. The molecule has 0 amide bonds. The topological polar surface area (TPSA) is 46.0 Å². The van der Waals surface area contributed by atoms with Crippen LogP contribution in [0.25, 0.3) is 5.65 Å². The van der Waals surface area contributed by atoms with Crippen molar-refractivity contribution >= 4 is 17.2 Å². The minimum Gasteiger partial charge on any atom is -0.258 e. The highest BCUT2D eigenvalue weighted by atomic mass is 35.5. The smallest absolute Gasteiger partial charge is 0.170 e. The van der Waals surface area contributed by atoms with Crippen LogP contribution in [-0.4, -0.2) is 19.8 Å². The van der Waals surface area contributed by atoms with Crippen molar-refractivity contribution in [3.63, 3.8) is 0 Å². The maximum atomic E-state index is 6.36. The summed E-state index contributed by atoms with van der Waals surface area (Å²) in [6, 6.07) is 0. The first-order chi connectivity index (χ1) is 8.45. The van der Waals surface area contributed by atoms with Crippen molar-refractivity contribution in [2.75, 3.05) is 0 Å². The maximum absolute atomic E-state index is 6.36. The van der Waals surface area contributed by atoms with E-state index in [2.05, 4.69) is 43.0 Å². The molecule has 2 aromatic heterocycles. The first kappa shape index (κ1) is 13.4. The van der Waals surface area contributed by atoms with Crippen molar-refractivity contribution in [2.24, 2.45) is 0 Å². The van der Waals surface area contributed by atoms with Crippen LogP contribution in [0.15, 0.2) is 0 Å². The molecule has 0 saturated heterocycles. The molecule has 0 unspecified atom stereocenters. The Kier molecular flexibility index (Phi) is 3.66. The molecular weight excluding hydrogens is 248 g/mol. The van der Waals surface area contributed by atoms with Gasteiger partial charge in [0.1, 0.15) is 5.02 Å². The zero-order chi connectivity index (χ0) is 13.3. The number of aromatic nitrogens is 4. The van der Waals surface area contributed by atoms with Crippen LogP contribution in [0.3, 0.4) is 0 Å². The van der Waals surface area contributed by atoms with Crippen molar-refractivity contribution < 1.29 is 0 Å². The highest BCUT2D eigenvalue weighted by molar-refractivity contribution is 6.34. The van der Waals surface area contributed by atoms with Crippen LogP contribution >= 0.6 is 11.6 Å². The number of H-pyrrole nitrogens is 1. The molecule has 2 heterocycles. The molecule has 0 fully saturated rings. The summed E-state index contributed by atoms with van der Waals surface area (Å²) in [6.07, 6.45) is 4.50. The summed E-state index contributed by atoms with van der Waals surface area (Å²) in [4.78, 5) is 0. The van der Waals surface area contributed by atoms with Crippen LogP contribution in [0.5, 0.6) is 0 Å². The number of rotatable bonds is 4. The molecule has 0 spiro atoms. The first-order valence-corrected chi connectivity index (χ1v) is 6.95. The molecule has 4 nitrogen and oxygen atoms in total. The number of nitrogens with one attached hydrogen (secondary N) is 1. The van der Waals surface area contributed by atoms with Gasteiger partial charge >= 0.3 is 0 Å². The van der Waals surface area contributed by atoms with E-state index in [0.29, 0.717) is 5.02 Å². The van der Waals surface area contributed by atoms with Gasteiger partial charge in [0.25, 0.3) is 0 Å². The largest absolute Gasteiger partial charge is 0.258 e. The molecule has 0 aromatic carbocycles. The first-order valence-electron chi connectivity index (χ1n) is 6.57. The molecule has 0 bridgehead atoms. The third-order valence-electron chi connectivity index (χ3n) is 3.08. The van der Waals surface area contributed by atoms with Crippen molar-refractivity contribution in [3.8, 4) is 0 Å². The van der Waals surface area contributed by atoms with Gasteiger partial charge in [0.05, 0.1) is 5.69 Å². The van der Waals surface area contributed by atoms with Crippen LogP contribution in [0.4, 0.5) is 0 Å². The molecule has 2 aromatic rings. The van der Waals surface area contributed by atoms with Crippen LogP contribution in [0.1, 0.15) is 58.5 Å². The molecule has 0 radical (unpaired) electrons. The second-order valence-corrected chi connectivity index (χ2v) is 6.15. The van der Waals surface area contributed by atoms with E-state index in [1.807, 2.05) is 4.52 Å². The van der Waals surface area contributed by atoms with E-state index >= 15 is 0 Å². The van der Waals surface area contributed by atoms with Gasteiger partial charge in [-0.1, -0.05) is 52.1 Å². The number of hydrogen-bond donors (Lipinski definition) is 1. The number of nitrogens with zero attached hydrogens (tertiary/aromatic N) is 3. The van der Waals surface area contributed by atoms with Gasteiger partial charge < -0.3 is 0 Å². The number of aromatic amines is 1. The predicted molar refractivity (Wildman–Crippen MR) is 74.3 cm³/mol. The third-order valence-corrected chi connectivity index (χ3v) is 3.44. The Balaban J connectivity index is 2.35. The molecule has 0 aliphatic heterocycles. The lowest BCUT2D eigenvalue weighted by atomic mass is 9.92. The fourth-order valence-electron chi connectivity index (χ4n) is 2.02. The Bertz CT molecular complexity index is 533. The van der Waals surface area contributed by atoms with Crippen LogP contribution in [0.2, 0.25) is 5.02 Å². The van der Waals surface area contributed by atoms with E-state index < -0.39 is 0 Å². The highest BCUT2D eigenvalue weighted by Gasteiger charge is 2.25. The Labute approximate surface area is 113 Å². The summed E-state index contributed by atoms with van der Waals surface area (Å²) in [6.45, 7) is 8.54. The van der Waals surface area contributed by atoms with Crippen molar-refractivity contribution in [1.82, 2.24) is 19.8 Å². The zero-order valence-corrected chi connectivity index (χ0v) is 12.3. The normalized spacial score (nSPS) is 12.5. The Morgan fingerprint density at radius 2 is 2.00 bits per heavy atom. The number of hydrogen-bond acceptors (Lipinski definition) is 2. The van der Waals surface area contributed by atoms with Gasteiger partial charge in [0.2, 0.25) is 0 Å². The Morgan fingerprint density at radius 3 is 2.61 bits per heavy atom. The second-order valence-electron chi connectivity index (χ2n) is 5.77. The Hall–Kier alpha value is -1.03. The van der Waals surface area contributed by atoms with Gasteiger partial charge in [-0.05, 0) is 6.42 Å². The molecule has 2 rings (SSSR count). The molecule has 1 N–H and O–H groups in total. The minimum absolute atomic E-state index is 0.0510. The number of fused-ring (bicyclic) bond motifs is 1. The standard InChI is InChI=1S/C13H21ClN4/c1-5-6-7-8-9-15-16-12-10(14)11(13(2,3)4)17-18(9)12/h16H,5-8H2,1-4H3. The third kappa shape index (κ3) is 2.39. The second kappa shape index (κ2) is 4.92. The number of halogens is 1. The summed E-state index contributed by atoms with van der Waals surface area (Å²) in [5.74, 6) is 0.968. The van der Waals surface area contributed by atoms with Crippen molar-refractivity contribution in [2.45, 2.75) is 58.8 Å². The molecule has 5 heteroatoms. The van der Waals surface area contributed by atoms with Gasteiger partial charge in [0, 0.05) is 11.8 Å². The van der Waals surface area contributed by atoms with Gasteiger partial charge in [-0.15, -0.1) is 0 Å². The van der Waals surface area contributed by atoms with Crippen LogP contribution in [0, 0.1) is 0 Å². The summed E-state index contributed by atoms with van der Waals surface area (Å²) in [5.41, 5.74) is 1.69. The number of unbranched alkanes of at least 4 members (excludes halogenated alkanes) is 2. The van der Waals surface area contributed by atoms with E-state index in [4.69, 9.17) is 11.6 Å². The minimum atomic E-state index is -0.0510. The van der Waals surface area contributed by atoms with Crippen LogP contribution in [-0.2, 0) is 11.8 Å². The lowest BCUT2D eigenvalue weighted by Crippen LogP contribution is -2.13. The van der Waals surface area contributed by atoms with Crippen molar-refractivity contribution in [1.29, 1.82) is 0 Å². The zero-order valence-electron chi connectivity index (χ0n) is 11.5. The monoisotopic (exact) mass is 268 g/mol. The molecule has 18 heavy (non-hydrogen) atoms. The Morgan fingerprint density at radius 1 is 1.28 bits per heavy atom. The molecule has 0 atom stereocenters. The molecule has 0 saturated carbocycles. The fraction of sp³-hybridized carbons (Fsp3) is 0.692. The summed E-state index contributed by atoms with van der Waals surface area (Å²) >= 11 is 6.36. The van der Waals surface area contributed by atoms with Gasteiger partial charge in [-0.3, -0.25) is 5.10 Å². The van der Waals surface area contributed by atoms with E-state index in [1.54, 1.807) is 0 Å². The van der Waals surface area contributed by atoms with E-state index in [1.165, 1.54) is 12.8 Å². The van der Waals surface area contributed by atoms with Gasteiger partial charge in [0.15, 0.2) is 11.5 Å². The van der Waals surface area contributed by atoms with Gasteiger partial charge in [-0.2, -0.15) is 14.7 Å². The highest BCUT2D eigenvalue weighted by Crippen LogP contribution is 2.31. The summed E-state index contributed by atoms with van der Waals surface area (Å²) < 4.78 is 1.86.